The Labute approximate surface area is 131 Å². The lowest BCUT2D eigenvalue weighted by Crippen LogP contribution is -2.19. The lowest BCUT2D eigenvalue weighted by Gasteiger charge is -2.15. The second kappa shape index (κ2) is 6.71. The van der Waals surface area contributed by atoms with Gasteiger partial charge in [-0.25, -0.2) is 0 Å². The fourth-order valence-corrected chi connectivity index (χ4v) is 2.84. The van der Waals surface area contributed by atoms with E-state index in [1.54, 1.807) is 12.4 Å². The van der Waals surface area contributed by atoms with E-state index in [0.29, 0.717) is 5.56 Å². The van der Waals surface area contributed by atoms with Gasteiger partial charge in [-0.3, -0.25) is 14.7 Å². The Hall–Kier alpha value is -2.20. The van der Waals surface area contributed by atoms with Gasteiger partial charge in [0.1, 0.15) is 0 Å². The Bertz CT molecular complexity index is 663. The first kappa shape index (κ1) is 14.7. The van der Waals surface area contributed by atoms with Gasteiger partial charge in [0, 0.05) is 18.3 Å². The van der Waals surface area contributed by atoms with Crippen LogP contribution in [0.4, 0.5) is 5.69 Å². The number of pyridine rings is 1. The highest BCUT2D eigenvalue weighted by molar-refractivity contribution is 6.04. The van der Waals surface area contributed by atoms with Gasteiger partial charge in [0.2, 0.25) is 0 Å². The molecule has 0 unspecified atom stereocenters. The number of aryl methyl sites for hydroxylation is 1. The highest BCUT2D eigenvalue weighted by atomic mass is 16.1. The lowest BCUT2D eigenvalue weighted by molar-refractivity contribution is 0.102. The van der Waals surface area contributed by atoms with E-state index >= 15 is 0 Å². The molecule has 1 N–H and O–H groups in total. The zero-order valence-electron chi connectivity index (χ0n) is 12.9. The summed E-state index contributed by atoms with van der Waals surface area (Å²) in [6.45, 7) is 5.20. The van der Waals surface area contributed by atoms with E-state index < -0.39 is 0 Å². The van der Waals surface area contributed by atoms with Crippen LogP contribution in [0.2, 0.25) is 0 Å². The molecule has 0 saturated carbocycles. The molecule has 114 valence electrons. The summed E-state index contributed by atoms with van der Waals surface area (Å²) < 4.78 is 0. The third-order valence-corrected chi connectivity index (χ3v) is 3.93. The number of nitrogens with one attached hydrogen (secondary N) is 1. The van der Waals surface area contributed by atoms with Crippen molar-refractivity contribution in [1.29, 1.82) is 0 Å². The minimum Gasteiger partial charge on any atom is -0.321 e. The molecule has 0 bridgehead atoms. The van der Waals surface area contributed by atoms with Crippen molar-refractivity contribution in [3.05, 3.63) is 59.4 Å². The molecule has 22 heavy (non-hydrogen) atoms. The Morgan fingerprint density at radius 3 is 2.82 bits per heavy atom. The monoisotopic (exact) mass is 295 g/mol. The normalized spacial score (nSPS) is 15.0. The first-order chi connectivity index (χ1) is 10.7. The van der Waals surface area contributed by atoms with Crippen LogP contribution in [0.3, 0.4) is 0 Å². The van der Waals surface area contributed by atoms with Gasteiger partial charge in [0.25, 0.3) is 5.91 Å². The maximum atomic E-state index is 12.4. The standard InChI is InChI=1S/C18H21N3O/c1-14-9-17(12-19-11-14)20-18(22)16-6-4-5-15(10-16)13-21-7-2-3-8-21/h4-6,9-12H,2-3,7-8,13H2,1H3,(H,20,22). The summed E-state index contributed by atoms with van der Waals surface area (Å²) in [4.78, 5) is 18.9. The van der Waals surface area contributed by atoms with Gasteiger partial charge in [0.15, 0.2) is 0 Å². The van der Waals surface area contributed by atoms with Crippen LogP contribution in [0.15, 0.2) is 42.7 Å². The molecule has 0 atom stereocenters. The number of likely N-dealkylation sites (tertiary alicyclic amines) is 1. The largest absolute Gasteiger partial charge is 0.321 e. The molecule has 1 aromatic heterocycles. The molecule has 1 aliphatic rings. The van der Waals surface area contributed by atoms with E-state index in [-0.39, 0.29) is 5.91 Å². The van der Waals surface area contributed by atoms with Crippen molar-refractivity contribution in [2.45, 2.75) is 26.3 Å². The Morgan fingerprint density at radius 2 is 2.05 bits per heavy atom. The quantitative estimate of drug-likeness (QED) is 0.942. The third kappa shape index (κ3) is 3.71. The minimum atomic E-state index is -0.0873. The number of amides is 1. The van der Waals surface area contributed by atoms with Crippen molar-refractivity contribution in [2.75, 3.05) is 18.4 Å². The van der Waals surface area contributed by atoms with E-state index in [4.69, 9.17) is 0 Å². The molecular weight excluding hydrogens is 274 g/mol. The van der Waals surface area contributed by atoms with Crippen molar-refractivity contribution >= 4 is 11.6 Å². The van der Waals surface area contributed by atoms with Crippen LogP contribution in [0, 0.1) is 6.92 Å². The van der Waals surface area contributed by atoms with Crippen molar-refractivity contribution in [3.63, 3.8) is 0 Å². The molecule has 4 nitrogen and oxygen atoms in total. The predicted octanol–water partition coefficient (Wildman–Crippen LogP) is 3.24. The summed E-state index contributed by atoms with van der Waals surface area (Å²) >= 11 is 0. The number of nitrogens with zero attached hydrogens (tertiary/aromatic N) is 2. The van der Waals surface area contributed by atoms with E-state index in [1.165, 1.54) is 18.4 Å². The molecule has 1 aromatic carbocycles. The van der Waals surface area contributed by atoms with Crippen molar-refractivity contribution < 1.29 is 4.79 Å². The minimum absolute atomic E-state index is 0.0873. The summed E-state index contributed by atoms with van der Waals surface area (Å²) in [7, 11) is 0. The SMILES string of the molecule is Cc1cncc(NC(=O)c2cccc(CN3CCCC3)c2)c1. The molecule has 1 saturated heterocycles. The predicted molar refractivity (Wildman–Crippen MR) is 87.9 cm³/mol. The average Bonchev–Trinajstić information content (AvgIpc) is 3.00. The third-order valence-electron chi connectivity index (χ3n) is 3.93. The van der Waals surface area contributed by atoms with Crippen LogP contribution in [0.5, 0.6) is 0 Å². The van der Waals surface area contributed by atoms with Gasteiger partial charge in [-0.05, 0) is 62.2 Å². The molecule has 4 heteroatoms. The van der Waals surface area contributed by atoms with Crippen LogP contribution in [-0.2, 0) is 6.54 Å². The maximum absolute atomic E-state index is 12.4. The van der Waals surface area contributed by atoms with E-state index in [1.807, 2.05) is 31.2 Å². The number of hydrogen-bond acceptors (Lipinski definition) is 3. The van der Waals surface area contributed by atoms with Gasteiger partial charge in [-0.1, -0.05) is 12.1 Å². The van der Waals surface area contributed by atoms with E-state index in [9.17, 15) is 4.79 Å². The molecule has 1 amide bonds. The van der Waals surface area contributed by atoms with Crippen molar-refractivity contribution in [2.24, 2.45) is 0 Å². The van der Waals surface area contributed by atoms with Gasteiger partial charge in [0.05, 0.1) is 11.9 Å². The highest BCUT2D eigenvalue weighted by Gasteiger charge is 2.13. The first-order valence-electron chi connectivity index (χ1n) is 7.75. The molecular formula is C18H21N3O. The lowest BCUT2D eigenvalue weighted by atomic mass is 10.1. The molecule has 1 aliphatic heterocycles. The van der Waals surface area contributed by atoms with Crippen LogP contribution >= 0.6 is 0 Å². The fourth-order valence-electron chi connectivity index (χ4n) is 2.84. The van der Waals surface area contributed by atoms with Gasteiger partial charge in [-0.2, -0.15) is 0 Å². The van der Waals surface area contributed by atoms with Gasteiger partial charge in [-0.15, -0.1) is 0 Å². The molecule has 3 rings (SSSR count). The van der Waals surface area contributed by atoms with E-state index in [0.717, 1.165) is 30.9 Å². The van der Waals surface area contributed by atoms with Crippen molar-refractivity contribution in [1.82, 2.24) is 9.88 Å². The molecule has 2 heterocycles. The van der Waals surface area contributed by atoms with Crippen LogP contribution in [0.25, 0.3) is 0 Å². The number of benzene rings is 1. The number of hydrogen-bond donors (Lipinski definition) is 1. The summed E-state index contributed by atoms with van der Waals surface area (Å²) in [6, 6.07) is 9.79. The maximum Gasteiger partial charge on any atom is 0.255 e. The topological polar surface area (TPSA) is 45.2 Å². The molecule has 0 radical (unpaired) electrons. The number of rotatable bonds is 4. The summed E-state index contributed by atoms with van der Waals surface area (Å²) in [5, 5.41) is 2.90. The number of aromatic nitrogens is 1. The van der Waals surface area contributed by atoms with Gasteiger partial charge < -0.3 is 5.32 Å². The number of carbonyl (C=O) groups is 1. The molecule has 0 aliphatic carbocycles. The summed E-state index contributed by atoms with van der Waals surface area (Å²) in [5.74, 6) is -0.0873. The van der Waals surface area contributed by atoms with E-state index in [2.05, 4.69) is 21.3 Å². The Morgan fingerprint density at radius 1 is 1.23 bits per heavy atom. The van der Waals surface area contributed by atoms with Crippen LogP contribution < -0.4 is 5.32 Å². The smallest absolute Gasteiger partial charge is 0.255 e. The zero-order valence-corrected chi connectivity index (χ0v) is 12.9. The molecule has 0 spiro atoms. The average molecular weight is 295 g/mol. The highest BCUT2D eigenvalue weighted by Crippen LogP contribution is 2.15. The molecule has 2 aromatic rings. The number of carbonyl (C=O) groups excluding carboxylic acids is 1. The first-order valence-corrected chi connectivity index (χ1v) is 7.75. The summed E-state index contributed by atoms with van der Waals surface area (Å²) in [6.07, 6.45) is 5.99. The second-order valence-electron chi connectivity index (χ2n) is 5.89. The summed E-state index contributed by atoms with van der Waals surface area (Å²) in [5.41, 5.74) is 3.64. The molecule has 1 fully saturated rings. The van der Waals surface area contributed by atoms with Crippen LogP contribution in [-0.4, -0.2) is 28.9 Å². The number of anilines is 1. The zero-order chi connectivity index (χ0) is 15.4. The Kier molecular flexibility index (Phi) is 4.49. The van der Waals surface area contributed by atoms with Crippen molar-refractivity contribution in [3.8, 4) is 0 Å². The van der Waals surface area contributed by atoms with Gasteiger partial charge >= 0.3 is 0 Å². The fraction of sp³-hybridized carbons (Fsp3) is 0.333. The van der Waals surface area contributed by atoms with Crippen LogP contribution in [0.1, 0.15) is 34.3 Å². The Balaban J connectivity index is 1.69. The second-order valence-corrected chi connectivity index (χ2v) is 5.89.